The zero-order chi connectivity index (χ0) is 12.0. The van der Waals surface area contributed by atoms with Gasteiger partial charge in [-0.1, -0.05) is 12.1 Å². The SMILES string of the molecule is C#CCCNCc1ccc(C)c([N+](=O)[O-])c1. The van der Waals surface area contributed by atoms with Crippen LogP contribution in [0, 0.1) is 29.4 Å². The first-order valence-corrected chi connectivity index (χ1v) is 5.03. The lowest BCUT2D eigenvalue weighted by Gasteiger charge is -2.04. The first-order chi connectivity index (χ1) is 7.65. The maximum atomic E-state index is 10.7. The molecular formula is C12H14N2O2. The third-order valence-electron chi connectivity index (χ3n) is 2.25. The molecule has 1 aromatic rings. The molecule has 4 nitrogen and oxygen atoms in total. The summed E-state index contributed by atoms with van der Waals surface area (Å²) in [4.78, 5) is 10.3. The second-order valence-corrected chi connectivity index (χ2v) is 3.51. The Balaban J connectivity index is 2.65. The van der Waals surface area contributed by atoms with E-state index in [9.17, 15) is 10.1 Å². The number of hydrogen-bond acceptors (Lipinski definition) is 3. The van der Waals surface area contributed by atoms with E-state index in [-0.39, 0.29) is 10.6 Å². The van der Waals surface area contributed by atoms with E-state index in [1.54, 1.807) is 19.1 Å². The lowest BCUT2D eigenvalue weighted by atomic mass is 10.1. The van der Waals surface area contributed by atoms with Crippen LogP contribution in [-0.2, 0) is 6.54 Å². The number of aryl methyl sites for hydroxylation is 1. The minimum atomic E-state index is -0.361. The van der Waals surface area contributed by atoms with Crippen LogP contribution in [0.5, 0.6) is 0 Å². The van der Waals surface area contributed by atoms with Gasteiger partial charge in [-0.3, -0.25) is 10.1 Å². The largest absolute Gasteiger partial charge is 0.312 e. The van der Waals surface area contributed by atoms with Gasteiger partial charge in [0.05, 0.1) is 4.92 Å². The highest BCUT2D eigenvalue weighted by atomic mass is 16.6. The standard InChI is InChI=1S/C12H14N2O2/c1-3-4-7-13-9-11-6-5-10(2)12(8-11)14(15)16/h1,5-6,8,13H,4,7,9H2,2H3. The molecule has 0 saturated heterocycles. The Morgan fingerprint density at radius 1 is 1.56 bits per heavy atom. The second-order valence-electron chi connectivity index (χ2n) is 3.51. The van der Waals surface area contributed by atoms with Crippen LogP contribution in [0.25, 0.3) is 0 Å². The van der Waals surface area contributed by atoms with Crippen LogP contribution >= 0.6 is 0 Å². The second kappa shape index (κ2) is 5.89. The van der Waals surface area contributed by atoms with Gasteiger partial charge in [-0.2, -0.15) is 0 Å². The van der Waals surface area contributed by atoms with Crippen molar-refractivity contribution in [1.82, 2.24) is 5.32 Å². The van der Waals surface area contributed by atoms with Crippen LogP contribution in [0.1, 0.15) is 17.5 Å². The molecule has 84 valence electrons. The first-order valence-electron chi connectivity index (χ1n) is 5.03. The van der Waals surface area contributed by atoms with E-state index in [0.717, 1.165) is 12.1 Å². The third-order valence-corrected chi connectivity index (χ3v) is 2.25. The van der Waals surface area contributed by atoms with Gasteiger partial charge in [0, 0.05) is 31.1 Å². The minimum absolute atomic E-state index is 0.163. The smallest absolute Gasteiger partial charge is 0.272 e. The number of rotatable bonds is 5. The molecule has 0 spiro atoms. The Hall–Kier alpha value is -1.86. The van der Waals surface area contributed by atoms with Crippen molar-refractivity contribution >= 4 is 5.69 Å². The van der Waals surface area contributed by atoms with E-state index in [0.29, 0.717) is 18.5 Å². The summed E-state index contributed by atoms with van der Waals surface area (Å²) < 4.78 is 0. The Morgan fingerprint density at radius 3 is 2.94 bits per heavy atom. The Labute approximate surface area is 94.8 Å². The lowest BCUT2D eigenvalue weighted by Crippen LogP contribution is -2.14. The fraction of sp³-hybridized carbons (Fsp3) is 0.333. The highest BCUT2D eigenvalue weighted by Gasteiger charge is 2.10. The zero-order valence-electron chi connectivity index (χ0n) is 9.19. The van der Waals surface area contributed by atoms with Crippen molar-refractivity contribution in [3.05, 3.63) is 39.4 Å². The molecule has 1 aromatic carbocycles. The van der Waals surface area contributed by atoms with Crippen molar-refractivity contribution in [1.29, 1.82) is 0 Å². The van der Waals surface area contributed by atoms with Gasteiger partial charge < -0.3 is 5.32 Å². The van der Waals surface area contributed by atoms with Crippen LogP contribution in [0.4, 0.5) is 5.69 Å². The molecule has 1 rings (SSSR count). The number of benzene rings is 1. The maximum absolute atomic E-state index is 10.7. The topological polar surface area (TPSA) is 55.2 Å². The fourth-order valence-corrected chi connectivity index (χ4v) is 1.35. The molecule has 4 heteroatoms. The Kier molecular flexibility index (Phi) is 4.49. The summed E-state index contributed by atoms with van der Waals surface area (Å²) in [6, 6.07) is 5.24. The number of nitro benzene ring substituents is 1. The Morgan fingerprint density at radius 2 is 2.31 bits per heavy atom. The molecule has 1 N–H and O–H groups in total. The number of terminal acetylenes is 1. The molecule has 0 radical (unpaired) electrons. The van der Waals surface area contributed by atoms with Crippen LogP contribution < -0.4 is 5.32 Å². The van der Waals surface area contributed by atoms with Gasteiger partial charge in [-0.05, 0) is 12.5 Å². The number of nitrogens with one attached hydrogen (secondary N) is 1. The summed E-state index contributed by atoms with van der Waals surface area (Å²) in [7, 11) is 0. The molecule has 0 atom stereocenters. The van der Waals surface area contributed by atoms with Crippen molar-refractivity contribution in [2.24, 2.45) is 0 Å². The summed E-state index contributed by atoms with van der Waals surface area (Å²) in [5.74, 6) is 2.52. The first kappa shape index (κ1) is 12.2. The molecule has 0 amide bonds. The van der Waals surface area contributed by atoms with E-state index < -0.39 is 0 Å². The van der Waals surface area contributed by atoms with E-state index in [1.807, 2.05) is 6.07 Å². The molecule has 0 heterocycles. The number of nitrogens with zero attached hydrogens (tertiary/aromatic N) is 1. The summed E-state index contributed by atoms with van der Waals surface area (Å²) in [5, 5.41) is 13.8. The zero-order valence-corrected chi connectivity index (χ0v) is 9.19. The van der Waals surface area contributed by atoms with Gasteiger partial charge in [0.1, 0.15) is 0 Å². The third kappa shape index (κ3) is 3.37. The molecule has 16 heavy (non-hydrogen) atoms. The van der Waals surface area contributed by atoms with Crippen LogP contribution in [0.15, 0.2) is 18.2 Å². The molecule has 0 aliphatic carbocycles. The highest BCUT2D eigenvalue weighted by molar-refractivity contribution is 5.42. The number of nitro groups is 1. The summed E-state index contributed by atoms with van der Waals surface area (Å²) in [5.41, 5.74) is 1.74. The lowest BCUT2D eigenvalue weighted by molar-refractivity contribution is -0.385. The predicted octanol–water partition coefficient (Wildman–Crippen LogP) is 2.02. The van der Waals surface area contributed by atoms with Crippen LogP contribution in [-0.4, -0.2) is 11.5 Å². The van der Waals surface area contributed by atoms with Crippen LogP contribution in [0.3, 0.4) is 0 Å². The molecule has 0 unspecified atom stereocenters. The van der Waals surface area contributed by atoms with E-state index in [2.05, 4.69) is 11.2 Å². The molecule has 0 aliphatic heterocycles. The average molecular weight is 218 g/mol. The molecule has 0 aliphatic rings. The van der Waals surface area contributed by atoms with Gasteiger partial charge in [0.25, 0.3) is 5.69 Å². The van der Waals surface area contributed by atoms with Gasteiger partial charge in [0.2, 0.25) is 0 Å². The van der Waals surface area contributed by atoms with E-state index >= 15 is 0 Å². The van der Waals surface area contributed by atoms with Crippen molar-refractivity contribution in [2.45, 2.75) is 19.9 Å². The number of hydrogen-bond donors (Lipinski definition) is 1. The molecule has 0 aromatic heterocycles. The fourth-order valence-electron chi connectivity index (χ4n) is 1.35. The molecule has 0 saturated carbocycles. The Bertz CT molecular complexity index is 422. The van der Waals surface area contributed by atoms with Gasteiger partial charge in [-0.15, -0.1) is 12.3 Å². The van der Waals surface area contributed by atoms with Gasteiger partial charge >= 0.3 is 0 Å². The van der Waals surface area contributed by atoms with Crippen molar-refractivity contribution in [3.63, 3.8) is 0 Å². The summed E-state index contributed by atoms with van der Waals surface area (Å²) in [6.45, 7) is 3.05. The maximum Gasteiger partial charge on any atom is 0.272 e. The van der Waals surface area contributed by atoms with Crippen molar-refractivity contribution in [2.75, 3.05) is 6.54 Å². The van der Waals surface area contributed by atoms with Crippen molar-refractivity contribution < 1.29 is 4.92 Å². The monoisotopic (exact) mass is 218 g/mol. The van der Waals surface area contributed by atoms with Gasteiger partial charge in [-0.25, -0.2) is 0 Å². The predicted molar refractivity (Wildman–Crippen MR) is 63.0 cm³/mol. The summed E-state index contributed by atoms with van der Waals surface area (Å²) >= 11 is 0. The van der Waals surface area contributed by atoms with Crippen LogP contribution in [0.2, 0.25) is 0 Å². The van der Waals surface area contributed by atoms with E-state index in [1.165, 1.54) is 0 Å². The molecule has 0 bridgehead atoms. The quantitative estimate of drug-likeness (QED) is 0.356. The molecular weight excluding hydrogens is 204 g/mol. The van der Waals surface area contributed by atoms with Gasteiger partial charge in [0.15, 0.2) is 0 Å². The summed E-state index contributed by atoms with van der Waals surface area (Å²) in [6.07, 6.45) is 5.77. The minimum Gasteiger partial charge on any atom is -0.312 e. The van der Waals surface area contributed by atoms with Crippen molar-refractivity contribution in [3.8, 4) is 12.3 Å². The highest BCUT2D eigenvalue weighted by Crippen LogP contribution is 2.18. The normalized spacial score (nSPS) is 9.75. The average Bonchev–Trinajstić information content (AvgIpc) is 2.26. The molecule has 0 fully saturated rings. The van der Waals surface area contributed by atoms with E-state index in [4.69, 9.17) is 6.42 Å².